The molecule has 0 amide bonds. The maximum absolute atomic E-state index is 12.5. The Kier molecular flexibility index (Phi) is 4.36. The predicted molar refractivity (Wildman–Crippen MR) is 89.1 cm³/mol. The van der Waals surface area contributed by atoms with Crippen LogP contribution in [0.3, 0.4) is 0 Å². The van der Waals surface area contributed by atoms with E-state index in [1.54, 1.807) is 19.2 Å². The van der Waals surface area contributed by atoms with Crippen molar-refractivity contribution in [2.75, 3.05) is 20.5 Å². The van der Waals surface area contributed by atoms with Crippen molar-refractivity contribution >= 4 is 18.4 Å². The second-order valence-corrected chi connectivity index (χ2v) is 7.05. The number of ketones is 1. The van der Waals surface area contributed by atoms with Gasteiger partial charge in [0.1, 0.15) is 11.5 Å². The smallest absolute Gasteiger partial charge is 0.492 e. The number of rotatable bonds is 4. The molecule has 0 spiro atoms. The monoisotopic (exact) mass is 334 g/mol. The highest BCUT2D eigenvalue weighted by Gasteiger charge is 2.53. The van der Waals surface area contributed by atoms with E-state index in [-0.39, 0.29) is 12.6 Å². The van der Waals surface area contributed by atoms with Gasteiger partial charge in [0, 0.05) is 25.1 Å². The molecule has 1 aromatic carbocycles. The highest BCUT2D eigenvalue weighted by atomic mass is 16.7. The Morgan fingerprint density at radius 2 is 1.83 bits per heavy atom. The van der Waals surface area contributed by atoms with Crippen LogP contribution in [0.2, 0.25) is 0 Å². The number of carbonyl (C=O) groups is 1. The van der Waals surface area contributed by atoms with Crippen LogP contribution in [-0.4, -0.2) is 44.6 Å². The minimum atomic E-state index is -0.652. The van der Waals surface area contributed by atoms with Crippen molar-refractivity contribution in [3.63, 3.8) is 0 Å². The number of ether oxygens (including phenoxy) is 3. The quantitative estimate of drug-likeness (QED) is 0.619. The number of carbonyl (C=O) groups excluding carboxylic acids is 1. The van der Waals surface area contributed by atoms with Gasteiger partial charge in [-0.05, 0) is 33.8 Å². The largest absolute Gasteiger partial charge is 0.495 e. The number of hydrogen-bond donors (Lipinski definition) is 0. The van der Waals surface area contributed by atoms with E-state index < -0.39 is 18.3 Å². The van der Waals surface area contributed by atoms with Crippen LogP contribution >= 0.6 is 0 Å². The van der Waals surface area contributed by atoms with Crippen LogP contribution in [0.25, 0.3) is 0 Å². The van der Waals surface area contributed by atoms with Gasteiger partial charge in [0.15, 0.2) is 12.6 Å². The summed E-state index contributed by atoms with van der Waals surface area (Å²) < 4.78 is 28.4. The molecule has 3 rings (SSSR count). The van der Waals surface area contributed by atoms with Crippen LogP contribution in [0, 0.1) is 0 Å². The minimum Gasteiger partial charge on any atom is -0.492 e. The SMILES string of the molecule is COCOc1cc2c(c(B3OC(C)(C)C(C)(C)O3)c1)C(=O)CCO2. The van der Waals surface area contributed by atoms with Crippen LogP contribution in [0.1, 0.15) is 44.5 Å². The van der Waals surface area contributed by atoms with Gasteiger partial charge >= 0.3 is 7.12 Å². The summed E-state index contributed by atoms with van der Waals surface area (Å²) in [6.45, 7) is 8.37. The van der Waals surface area contributed by atoms with Gasteiger partial charge in [0.05, 0.1) is 23.4 Å². The van der Waals surface area contributed by atoms with E-state index in [0.29, 0.717) is 35.6 Å². The number of Topliss-reactive ketones (excluding diaryl/α,β-unsaturated/α-hetero) is 1. The molecule has 2 aliphatic heterocycles. The zero-order chi connectivity index (χ0) is 17.5. The van der Waals surface area contributed by atoms with Gasteiger partial charge in [0.25, 0.3) is 0 Å². The number of benzene rings is 1. The topological polar surface area (TPSA) is 63.2 Å². The first-order valence-corrected chi connectivity index (χ1v) is 8.06. The second-order valence-electron chi connectivity index (χ2n) is 7.05. The van der Waals surface area contributed by atoms with Gasteiger partial charge < -0.3 is 23.5 Å². The minimum absolute atomic E-state index is 0.0271. The molecule has 0 bridgehead atoms. The van der Waals surface area contributed by atoms with E-state index in [1.165, 1.54) is 0 Å². The fourth-order valence-electron chi connectivity index (χ4n) is 2.77. The molecule has 0 atom stereocenters. The van der Waals surface area contributed by atoms with Crippen LogP contribution in [0.4, 0.5) is 0 Å². The van der Waals surface area contributed by atoms with Crippen LogP contribution in [-0.2, 0) is 14.0 Å². The molecule has 1 fully saturated rings. The fraction of sp³-hybridized carbons (Fsp3) is 0.588. The number of fused-ring (bicyclic) bond motifs is 1. The van der Waals surface area contributed by atoms with Crippen molar-refractivity contribution in [2.45, 2.75) is 45.3 Å². The molecule has 0 N–H and O–H groups in total. The lowest BCUT2D eigenvalue weighted by atomic mass is 9.74. The maximum Gasteiger partial charge on any atom is 0.495 e. The fourth-order valence-corrected chi connectivity index (χ4v) is 2.77. The molecule has 1 saturated heterocycles. The highest BCUT2D eigenvalue weighted by molar-refractivity contribution is 6.64. The number of methoxy groups -OCH3 is 1. The first kappa shape index (κ1) is 17.3. The summed E-state index contributed by atoms with van der Waals surface area (Å²) in [6, 6.07) is 3.48. The van der Waals surface area contributed by atoms with E-state index in [0.717, 1.165) is 0 Å². The third kappa shape index (κ3) is 2.92. The first-order chi connectivity index (χ1) is 11.2. The van der Waals surface area contributed by atoms with Crippen molar-refractivity contribution in [3.05, 3.63) is 17.7 Å². The first-order valence-electron chi connectivity index (χ1n) is 8.06. The molecule has 0 unspecified atom stereocenters. The third-order valence-electron chi connectivity index (χ3n) is 4.82. The molecular weight excluding hydrogens is 311 g/mol. The zero-order valence-electron chi connectivity index (χ0n) is 14.8. The number of hydrogen-bond acceptors (Lipinski definition) is 6. The second kappa shape index (κ2) is 6.06. The van der Waals surface area contributed by atoms with Crippen molar-refractivity contribution in [1.29, 1.82) is 0 Å². The van der Waals surface area contributed by atoms with Gasteiger partial charge in [-0.1, -0.05) is 0 Å². The van der Waals surface area contributed by atoms with Gasteiger partial charge in [0.2, 0.25) is 0 Å². The molecule has 0 aliphatic carbocycles. The van der Waals surface area contributed by atoms with Gasteiger partial charge in [-0.15, -0.1) is 0 Å². The zero-order valence-corrected chi connectivity index (χ0v) is 14.8. The maximum atomic E-state index is 12.5. The summed E-state index contributed by atoms with van der Waals surface area (Å²) in [5.41, 5.74) is 0.172. The average Bonchev–Trinajstić information content (AvgIpc) is 2.72. The standard InChI is InChI=1S/C17H23BO6/c1-16(2)17(3,4)24-18(23-16)12-8-11(22-10-20-5)9-14-15(12)13(19)6-7-21-14/h8-9H,6-7,10H2,1-5H3. The Bertz CT molecular complexity index is 639. The average molecular weight is 334 g/mol. The third-order valence-corrected chi connectivity index (χ3v) is 4.82. The molecule has 1 aromatic rings. The van der Waals surface area contributed by atoms with Crippen molar-refractivity contribution in [1.82, 2.24) is 0 Å². The lowest BCUT2D eigenvalue weighted by Crippen LogP contribution is -2.41. The Balaban J connectivity index is 2.04. The molecule has 6 nitrogen and oxygen atoms in total. The summed E-state index contributed by atoms with van der Waals surface area (Å²) in [4.78, 5) is 12.5. The van der Waals surface area contributed by atoms with E-state index in [1.807, 2.05) is 27.7 Å². The summed E-state index contributed by atoms with van der Waals surface area (Å²) in [5.74, 6) is 1.08. The molecular formula is C17H23BO6. The van der Waals surface area contributed by atoms with E-state index in [4.69, 9.17) is 23.5 Å². The van der Waals surface area contributed by atoms with Crippen LogP contribution < -0.4 is 14.9 Å². The lowest BCUT2D eigenvalue weighted by molar-refractivity contribution is 0.00578. The van der Waals surface area contributed by atoms with Crippen LogP contribution in [0.5, 0.6) is 11.5 Å². The summed E-state index contributed by atoms with van der Waals surface area (Å²) >= 11 is 0. The molecule has 0 radical (unpaired) electrons. The lowest BCUT2D eigenvalue weighted by Gasteiger charge is -2.32. The molecule has 130 valence electrons. The predicted octanol–water partition coefficient (Wildman–Crippen LogP) is 1.93. The highest BCUT2D eigenvalue weighted by Crippen LogP contribution is 2.38. The summed E-state index contributed by atoms with van der Waals surface area (Å²) in [5, 5.41) is 0. The molecule has 7 heteroatoms. The van der Waals surface area contributed by atoms with E-state index in [9.17, 15) is 4.79 Å². The van der Waals surface area contributed by atoms with Crippen molar-refractivity contribution < 1.29 is 28.3 Å². The van der Waals surface area contributed by atoms with E-state index in [2.05, 4.69) is 0 Å². The Labute approximate surface area is 142 Å². The molecule has 2 heterocycles. The molecule has 24 heavy (non-hydrogen) atoms. The van der Waals surface area contributed by atoms with Crippen molar-refractivity contribution in [2.24, 2.45) is 0 Å². The van der Waals surface area contributed by atoms with Crippen LogP contribution in [0.15, 0.2) is 12.1 Å². The van der Waals surface area contributed by atoms with E-state index >= 15 is 0 Å². The normalized spacial score (nSPS) is 21.4. The molecule has 0 saturated carbocycles. The van der Waals surface area contributed by atoms with Gasteiger partial charge in [-0.25, -0.2) is 0 Å². The Morgan fingerprint density at radius 3 is 2.46 bits per heavy atom. The molecule has 0 aromatic heterocycles. The summed E-state index contributed by atoms with van der Waals surface area (Å²) in [6.07, 6.45) is 0.345. The molecule has 2 aliphatic rings. The van der Waals surface area contributed by atoms with Crippen molar-refractivity contribution in [3.8, 4) is 11.5 Å². The van der Waals surface area contributed by atoms with Gasteiger partial charge in [-0.3, -0.25) is 4.79 Å². The summed E-state index contributed by atoms with van der Waals surface area (Å²) in [7, 11) is 0.897. The van der Waals surface area contributed by atoms with Gasteiger partial charge in [-0.2, -0.15) is 0 Å². The Hall–Kier alpha value is -1.57. The Morgan fingerprint density at radius 1 is 1.17 bits per heavy atom.